The quantitative estimate of drug-likeness (QED) is 0.440. The van der Waals surface area contributed by atoms with Gasteiger partial charge in [0.2, 0.25) is 0 Å². The van der Waals surface area contributed by atoms with Crippen molar-refractivity contribution in [3.63, 3.8) is 0 Å². The number of halogens is 1. The summed E-state index contributed by atoms with van der Waals surface area (Å²) in [6.07, 6.45) is 8.17. The van der Waals surface area contributed by atoms with E-state index in [9.17, 15) is 0 Å². The molecule has 7 heteroatoms. The highest BCUT2D eigenvalue weighted by Crippen LogP contribution is 2.15. The number of aliphatic imine (C=N–C) groups is 1. The highest BCUT2D eigenvalue weighted by Gasteiger charge is 2.18. The van der Waals surface area contributed by atoms with E-state index in [1.807, 2.05) is 37.0 Å². The molecule has 2 aromatic heterocycles. The van der Waals surface area contributed by atoms with Crippen LogP contribution in [0.1, 0.15) is 31.2 Å². The first-order valence-electron chi connectivity index (χ1n) is 8.58. The molecule has 0 amide bonds. The smallest absolute Gasteiger partial charge is 0.193 e. The Hall–Kier alpha value is -1.64. The van der Waals surface area contributed by atoms with E-state index in [0.717, 1.165) is 48.7 Å². The summed E-state index contributed by atoms with van der Waals surface area (Å²) in [5.41, 5.74) is 1.14. The highest BCUT2D eigenvalue weighted by atomic mass is 127. The molecule has 6 nitrogen and oxygen atoms in total. The molecule has 0 bridgehead atoms. The summed E-state index contributed by atoms with van der Waals surface area (Å²) in [5, 5.41) is 3.46. The zero-order valence-electron chi connectivity index (χ0n) is 15.1. The lowest BCUT2D eigenvalue weighted by atomic mass is 10.0. The van der Waals surface area contributed by atoms with Crippen molar-refractivity contribution in [3.05, 3.63) is 42.1 Å². The summed E-state index contributed by atoms with van der Waals surface area (Å²) in [7, 11) is 1.85. The van der Waals surface area contributed by atoms with Crippen molar-refractivity contribution in [2.45, 2.75) is 33.2 Å². The molecule has 0 saturated carbocycles. The second-order valence-electron chi connectivity index (χ2n) is 6.46. The number of pyridine rings is 1. The van der Waals surface area contributed by atoms with Crippen molar-refractivity contribution in [1.82, 2.24) is 24.8 Å². The van der Waals surface area contributed by atoms with Gasteiger partial charge >= 0.3 is 0 Å². The van der Waals surface area contributed by atoms with Gasteiger partial charge in [-0.05, 0) is 37.3 Å². The van der Waals surface area contributed by atoms with Gasteiger partial charge in [0.1, 0.15) is 11.6 Å². The Morgan fingerprint density at radius 1 is 1.36 bits per heavy atom. The molecule has 3 heterocycles. The van der Waals surface area contributed by atoms with E-state index in [0.29, 0.717) is 0 Å². The van der Waals surface area contributed by atoms with Gasteiger partial charge in [-0.15, -0.1) is 24.0 Å². The van der Waals surface area contributed by atoms with Crippen LogP contribution in [0.4, 0.5) is 0 Å². The molecule has 1 atom stereocenters. The van der Waals surface area contributed by atoms with Gasteiger partial charge in [0, 0.05) is 45.3 Å². The van der Waals surface area contributed by atoms with Crippen LogP contribution in [-0.2, 0) is 6.54 Å². The van der Waals surface area contributed by atoms with Crippen LogP contribution >= 0.6 is 24.0 Å². The average molecular weight is 454 g/mol. The van der Waals surface area contributed by atoms with Crippen molar-refractivity contribution in [1.29, 1.82) is 0 Å². The lowest BCUT2D eigenvalue weighted by Gasteiger charge is -2.33. The fourth-order valence-electron chi connectivity index (χ4n) is 3.18. The zero-order chi connectivity index (χ0) is 16.9. The number of nitrogens with one attached hydrogen (secondary N) is 1. The Morgan fingerprint density at radius 3 is 2.80 bits per heavy atom. The van der Waals surface area contributed by atoms with Crippen LogP contribution in [0, 0.1) is 12.8 Å². The van der Waals surface area contributed by atoms with E-state index >= 15 is 0 Å². The molecule has 2 aromatic rings. The first kappa shape index (κ1) is 19.7. The summed E-state index contributed by atoms with van der Waals surface area (Å²) in [6.45, 7) is 7.17. The van der Waals surface area contributed by atoms with Crippen LogP contribution in [0.25, 0.3) is 5.82 Å². The van der Waals surface area contributed by atoms with Crippen molar-refractivity contribution < 1.29 is 0 Å². The Balaban J connectivity index is 0.00000225. The second-order valence-corrected chi connectivity index (χ2v) is 6.46. The van der Waals surface area contributed by atoms with E-state index in [4.69, 9.17) is 0 Å². The number of rotatable bonds is 3. The Kier molecular flexibility index (Phi) is 7.22. The fourth-order valence-corrected chi connectivity index (χ4v) is 3.18. The minimum absolute atomic E-state index is 0. The minimum atomic E-state index is 0. The Morgan fingerprint density at radius 2 is 2.20 bits per heavy atom. The van der Waals surface area contributed by atoms with Crippen molar-refractivity contribution in [2.24, 2.45) is 10.9 Å². The molecule has 1 N–H and O–H groups in total. The molecule has 3 rings (SSSR count). The van der Waals surface area contributed by atoms with Crippen molar-refractivity contribution >= 4 is 29.9 Å². The first-order chi connectivity index (χ1) is 11.7. The van der Waals surface area contributed by atoms with Crippen LogP contribution in [0.5, 0.6) is 0 Å². The molecular formula is C18H27IN6. The van der Waals surface area contributed by atoms with E-state index in [2.05, 4.69) is 38.2 Å². The summed E-state index contributed by atoms with van der Waals surface area (Å²) < 4.78 is 1.98. The molecule has 0 aliphatic carbocycles. The normalized spacial score (nSPS) is 18.0. The van der Waals surface area contributed by atoms with Gasteiger partial charge in [0.05, 0.1) is 0 Å². The maximum atomic E-state index is 4.54. The second kappa shape index (κ2) is 9.17. The van der Waals surface area contributed by atoms with E-state index in [1.165, 1.54) is 12.8 Å². The van der Waals surface area contributed by atoms with Gasteiger partial charge in [0.15, 0.2) is 5.96 Å². The fraction of sp³-hybridized carbons (Fsp3) is 0.500. The molecule has 1 unspecified atom stereocenters. The number of imidazole rings is 1. The molecule has 0 spiro atoms. The molecule has 136 valence electrons. The van der Waals surface area contributed by atoms with Gasteiger partial charge in [-0.25, -0.2) is 9.97 Å². The van der Waals surface area contributed by atoms with E-state index in [1.54, 1.807) is 6.20 Å². The third-order valence-electron chi connectivity index (χ3n) is 4.50. The van der Waals surface area contributed by atoms with Gasteiger partial charge in [0.25, 0.3) is 0 Å². The van der Waals surface area contributed by atoms with Crippen molar-refractivity contribution in [2.75, 3.05) is 20.1 Å². The number of hydrogen-bond donors (Lipinski definition) is 1. The predicted molar refractivity (Wildman–Crippen MR) is 112 cm³/mol. The largest absolute Gasteiger partial charge is 0.352 e. The lowest BCUT2D eigenvalue weighted by Crippen LogP contribution is -2.45. The Bertz CT molecular complexity index is 694. The van der Waals surface area contributed by atoms with Crippen LogP contribution in [0.2, 0.25) is 0 Å². The SMILES string of the molecule is CN=C(NCc1ccc(-n2ccnc2C)nc1)N1CCCC(C)C1.I. The third-order valence-corrected chi connectivity index (χ3v) is 4.50. The van der Waals surface area contributed by atoms with Crippen LogP contribution < -0.4 is 5.32 Å². The number of nitrogens with zero attached hydrogens (tertiary/aromatic N) is 5. The maximum absolute atomic E-state index is 4.54. The number of likely N-dealkylation sites (tertiary alicyclic amines) is 1. The third kappa shape index (κ3) is 4.93. The number of piperidine rings is 1. The van der Waals surface area contributed by atoms with Crippen LogP contribution in [0.15, 0.2) is 35.7 Å². The number of aryl methyl sites for hydroxylation is 1. The number of hydrogen-bond acceptors (Lipinski definition) is 3. The molecular weight excluding hydrogens is 427 g/mol. The number of aromatic nitrogens is 3. The summed E-state index contributed by atoms with van der Waals surface area (Å²) in [6, 6.07) is 4.12. The monoisotopic (exact) mass is 454 g/mol. The maximum Gasteiger partial charge on any atom is 0.193 e. The Labute approximate surface area is 166 Å². The lowest BCUT2D eigenvalue weighted by molar-refractivity contribution is 0.266. The summed E-state index contributed by atoms with van der Waals surface area (Å²) in [5.74, 6) is 3.55. The minimum Gasteiger partial charge on any atom is -0.352 e. The van der Waals surface area contributed by atoms with E-state index in [-0.39, 0.29) is 24.0 Å². The van der Waals surface area contributed by atoms with Gasteiger partial charge in [-0.1, -0.05) is 13.0 Å². The summed E-state index contributed by atoms with van der Waals surface area (Å²) in [4.78, 5) is 15.6. The van der Waals surface area contributed by atoms with Gasteiger partial charge < -0.3 is 10.2 Å². The molecule has 25 heavy (non-hydrogen) atoms. The molecule has 0 aromatic carbocycles. The molecule has 1 aliphatic heterocycles. The number of guanidine groups is 1. The summed E-state index contributed by atoms with van der Waals surface area (Å²) >= 11 is 0. The standard InChI is InChI=1S/C18H26N6.HI/c1-14-5-4-9-23(13-14)18(19-3)22-12-16-6-7-17(21-11-16)24-10-8-20-15(24)2;/h6-8,10-11,14H,4-5,9,12-13H2,1-3H3,(H,19,22);1H. The zero-order valence-corrected chi connectivity index (χ0v) is 17.5. The van der Waals surface area contributed by atoms with Crippen molar-refractivity contribution in [3.8, 4) is 5.82 Å². The van der Waals surface area contributed by atoms with Crippen LogP contribution in [0.3, 0.4) is 0 Å². The molecule has 1 aliphatic rings. The van der Waals surface area contributed by atoms with Gasteiger partial charge in [-0.2, -0.15) is 0 Å². The highest BCUT2D eigenvalue weighted by molar-refractivity contribution is 14.0. The topological polar surface area (TPSA) is 58.3 Å². The van der Waals surface area contributed by atoms with E-state index < -0.39 is 0 Å². The molecule has 1 saturated heterocycles. The predicted octanol–water partition coefficient (Wildman–Crippen LogP) is 3.00. The average Bonchev–Trinajstić information content (AvgIpc) is 3.02. The first-order valence-corrected chi connectivity index (χ1v) is 8.58. The van der Waals surface area contributed by atoms with Gasteiger partial charge in [-0.3, -0.25) is 9.56 Å². The molecule has 0 radical (unpaired) electrons. The van der Waals surface area contributed by atoms with Crippen LogP contribution in [-0.4, -0.2) is 45.5 Å². The molecule has 1 fully saturated rings.